The number of hydrogen-bond donors (Lipinski definition) is 1. The Balaban J connectivity index is 0. The van der Waals surface area contributed by atoms with Gasteiger partial charge in [0.05, 0.1) is 12.1 Å². The van der Waals surface area contributed by atoms with E-state index < -0.39 is 18.2 Å². The molecule has 0 rings (SSSR count). The van der Waals surface area contributed by atoms with Gasteiger partial charge >= 0.3 is 29.6 Å². The van der Waals surface area contributed by atoms with Gasteiger partial charge in [0, 0.05) is 0 Å². The monoisotopic (exact) mass is 144 g/mol. The molecule has 0 spiro atoms. The molecule has 0 aromatic rings. The number of aliphatic hydroxyl groups excluding tert-OH is 1. The second-order valence-electron chi connectivity index (χ2n) is 1.46. The van der Waals surface area contributed by atoms with Crippen LogP contribution in [0.3, 0.4) is 0 Å². The number of aliphatic carboxylic acids is 1. The van der Waals surface area contributed by atoms with Gasteiger partial charge in [0.1, 0.15) is 0 Å². The van der Waals surface area contributed by atoms with E-state index in [0.717, 1.165) is 6.92 Å². The topological polar surface area (TPSA) is 60.4 Å². The van der Waals surface area contributed by atoms with E-state index in [1.165, 1.54) is 0 Å². The molecule has 0 saturated carbocycles. The number of halogens is 1. The molecule has 0 fully saturated rings. The van der Waals surface area contributed by atoms with Gasteiger partial charge in [0.25, 0.3) is 0 Å². The summed E-state index contributed by atoms with van der Waals surface area (Å²) in [5, 5.41) is 17.7. The predicted molar refractivity (Wildman–Crippen MR) is 21.6 cm³/mol. The average Bonchev–Trinajstić information content (AvgIpc) is 1.64. The summed E-state index contributed by atoms with van der Waals surface area (Å²) in [6.45, 7) is 1.04. The van der Waals surface area contributed by atoms with Crippen LogP contribution in [-0.2, 0) is 4.79 Å². The summed E-state index contributed by atoms with van der Waals surface area (Å²) in [4.78, 5) is 9.49. The first-order valence-corrected chi connectivity index (χ1v) is 2.08. The van der Waals surface area contributed by atoms with Crippen LogP contribution >= 0.6 is 0 Å². The van der Waals surface area contributed by atoms with Crippen LogP contribution in [-0.4, -0.2) is 23.4 Å². The van der Waals surface area contributed by atoms with Gasteiger partial charge in [-0.3, -0.25) is 0 Å². The van der Waals surface area contributed by atoms with E-state index in [4.69, 9.17) is 5.11 Å². The Morgan fingerprint density at radius 1 is 1.78 bits per heavy atom. The third-order valence-corrected chi connectivity index (χ3v) is 0.649. The summed E-state index contributed by atoms with van der Waals surface area (Å²) in [6.07, 6.45) is -3.75. The number of carbonyl (C=O) groups excluding carboxylic acids is 1. The van der Waals surface area contributed by atoms with Crippen molar-refractivity contribution in [2.75, 3.05) is 0 Å². The molecule has 0 aromatic carbocycles. The quantitative estimate of drug-likeness (QED) is 0.397. The molecule has 0 aliphatic heterocycles. The third kappa shape index (κ3) is 4.84. The minimum Gasteiger partial charge on any atom is -0.547 e. The van der Waals surface area contributed by atoms with Gasteiger partial charge < -0.3 is 15.0 Å². The first kappa shape index (κ1) is 12.1. The number of carbonyl (C=O) groups is 1. The standard InChI is InChI=1S/C4H7FO3.Na/c1-2(6)3(5)4(7)8;/h2-3,6H,1H3,(H,7,8);/q;+1/p-1. The zero-order valence-electron chi connectivity index (χ0n) is 5.30. The summed E-state index contributed by atoms with van der Waals surface area (Å²) in [7, 11) is 0. The van der Waals surface area contributed by atoms with Gasteiger partial charge in [-0.05, 0) is 6.92 Å². The molecule has 0 saturated heterocycles. The Morgan fingerprint density at radius 2 is 2.11 bits per heavy atom. The fourth-order valence-electron chi connectivity index (χ4n) is 0.197. The van der Waals surface area contributed by atoms with Crippen molar-refractivity contribution in [2.24, 2.45) is 0 Å². The van der Waals surface area contributed by atoms with Crippen LogP contribution in [0.15, 0.2) is 0 Å². The van der Waals surface area contributed by atoms with Crippen LogP contribution in [0.1, 0.15) is 6.92 Å². The van der Waals surface area contributed by atoms with Crippen LogP contribution in [0.2, 0.25) is 0 Å². The maximum Gasteiger partial charge on any atom is 1.00 e. The first-order valence-electron chi connectivity index (χ1n) is 2.08. The third-order valence-electron chi connectivity index (χ3n) is 0.649. The van der Waals surface area contributed by atoms with E-state index in [1.54, 1.807) is 0 Å². The molecule has 0 aliphatic carbocycles. The molecular formula is C4H6FNaO3. The largest absolute Gasteiger partial charge is 1.00 e. The molecule has 3 nitrogen and oxygen atoms in total. The number of aliphatic hydroxyl groups is 1. The number of carboxylic acid groups (broad SMARTS) is 1. The fraction of sp³-hybridized carbons (Fsp3) is 0.750. The van der Waals surface area contributed by atoms with Crippen LogP contribution in [0.25, 0.3) is 0 Å². The molecular weight excluding hydrogens is 138 g/mol. The van der Waals surface area contributed by atoms with Crippen molar-refractivity contribution in [2.45, 2.75) is 19.2 Å². The van der Waals surface area contributed by atoms with Crippen molar-refractivity contribution in [1.29, 1.82) is 0 Å². The Kier molecular flexibility index (Phi) is 6.94. The fourth-order valence-corrected chi connectivity index (χ4v) is 0.197. The second-order valence-corrected chi connectivity index (χ2v) is 1.46. The van der Waals surface area contributed by atoms with Gasteiger partial charge in [0.2, 0.25) is 0 Å². The predicted octanol–water partition coefficient (Wildman–Crippen LogP) is -4.54. The van der Waals surface area contributed by atoms with Gasteiger partial charge in [-0.25, -0.2) is 4.39 Å². The average molecular weight is 144 g/mol. The normalized spacial score (nSPS) is 15.4. The van der Waals surface area contributed by atoms with Crippen LogP contribution in [0.5, 0.6) is 0 Å². The van der Waals surface area contributed by atoms with E-state index in [2.05, 4.69) is 0 Å². The molecule has 0 aliphatic rings. The molecule has 1 N–H and O–H groups in total. The minimum atomic E-state index is -2.27. The molecule has 0 heterocycles. The molecule has 0 aromatic heterocycles. The molecule has 0 bridgehead atoms. The summed E-state index contributed by atoms with van der Waals surface area (Å²) < 4.78 is 11.7. The number of hydrogen-bond acceptors (Lipinski definition) is 3. The Labute approximate surface area is 74.2 Å². The van der Waals surface area contributed by atoms with E-state index in [0.29, 0.717) is 0 Å². The summed E-state index contributed by atoms with van der Waals surface area (Å²) in [5.74, 6) is -1.87. The van der Waals surface area contributed by atoms with Crippen molar-refractivity contribution in [3.63, 3.8) is 0 Å². The Hall–Kier alpha value is 0.360. The zero-order chi connectivity index (χ0) is 6.73. The summed E-state index contributed by atoms with van der Waals surface area (Å²) in [5.41, 5.74) is 0. The maximum absolute atomic E-state index is 11.7. The van der Waals surface area contributed by atoms with E-state index in [1.807, 2.05) is 0 Å². The summed E-state index contributed by atoms with van der Waals surface area (Å²) in [6, 6.07) is 0. The Bertz CT molecular complexity index is 95.8. The molecule has 5 heteroatoms. The number of rotatable bonds is 2. The van der Waals surface area contributed by atoms with Gasteiger partial charge in [-0.1, -0.05) is 0 Å². The van der Waals surface area contributed by atoms with Crippen molar-refractivity contribution in [3.05, 3.63) is 0 Å². The van der Waals surface area contributed by atoms with E-state index >= 15 is 0 Å². The van der Waals surface area contributed by atoms with Crippen molar-refractivity contribution in [1.82, 2.24) is 0 Å². The smallest absolute Gasteiger partial charge is 0.547 e. The molecule has 0 radical (unpaired) electrons. The maximum atomic E-state index is 11.7. The molecule has 9 heavy (non-hydrogen) atoms. The SMILES string of the molecule is CC(O)C(F)C(=O)[O-].[Na+]. The van der Waals surface area contributed by atoms with Gasteiger partial charge in [-0.15, -0.1) is 0 Å². The molecule has 0 amide bonds. The van der Waals surface area contributed by atoms with Gasteiger partial charge in [0.15, 0.2) is 6.17 Å². The van der Waals surface area contributed by atoms with Crippen molar-refractivity contribution < 1.29 is 49.0 Å². The van der Waals surface area contributed by atoms with Crippen LogP contribution in [0.4, 0.5) is 4.39 Å². The molecule has 2 unspecified atom stereocenters. The molecule has 2 atom stereocenters. The van der Waals surface area contributed by atoms with Crippen molar-refractivity contribution >= 4 is 5.97 Å². The molecule has 48 valence electrons. The van der Waals surface area contributed by atoms with E-state index in [-0.39, 0.29) is 29.6 Å². The van der Waals surface area contributed by atoms with Crippen LogP contribution in [0, 0.1) is 0 Å². The van der Waals surface area contributed by atoms with Crippen LogP contribution < -0.4 is 34.7 Å². The first-order chi connectivity index (χ1) is 3.55. The Morgan fingerprint density at radius 3 is 2.11 bits per heavy atom. The van der Waals surface area contributed by atoms with Crippen molar-refractivity contribution in [3.8, 4) is 0 Å². The zero-order valence-corrected chi connectivity index (χ0v) is 7.30. The second kappa shape index (κ2) is 5.17. The van der Waals surface area contributed by atoms with E-state index in [9.17, 15) is 14.3 Å². The number of carboxylic acids is 1. The number of alkyl halides is 1. The summed E-state index contributed by atoms with van der Waals surface area (Å²) >= 11 is 0. The van der Waals surface area contributed by atoms with Gasteiger partial charge in [-0.2, -0.15) is 0 Å². The minimum absolute atomic E-state index is 0.